The zero-order valence-corrected chi connectivity index (χ0v) is 17.4. The Balaban J connectivity index is 2.13. The summed E-state index contributed by atoms with van der Waals surface area (Å²) in [7, 11) is -3.62. The van der Waals surface area contributed by atoms with Crippen molar-refractivity contribution in [3.8, 4) is 0 Å². The van der Waals surface area contributed by atoms with E-state index in [0.29, 0.717) is 35.6 Å². The first-order valence-corrected chi connectivity index (χ1v) is 10.5. The first-order chi connectivity index (χ1) is 13.2. The van der Waals surface area contributed by atoms with Crippen LogP contribution in [0.1, 0.15) is 25.0 Å². The van der Waals surface area contributed by atoms with Crippen molar-refractivity contribution in [2.24, 2.45) is 0 Å². The number of sulfonamides is 1. The molecule has 0 saturated carbocycles. The molecule has 8 heteroatoms. The summed E-state index contributed by atoms with van der Waals surface area (Å²) in [5.74, 6) is -0.673. The maximum absolute atomic E-state index is 13.1. The summed E-state index contributed by atoms with van der Waals surface area (Å²) in [6, 6.07) is 9.08. The highest BCUT2D eigenvalue weighted by Gasteiger charge is 2.24. The van der Waals surface area contributed by atoms with Crippen LogP contribution in [0.3, 0.4) is 0 Å². The molecule has 0 radical (unpaired) electrons. The molecule has 2 rings (SSSR count). The van der Waals surface area contributed by atoms with Crippen LogP contribution in [0.2, 0.25) is 0 Å². The number of nitrogens with one attached hydrogen (secondary N) is 2. The van der Waals surface area contributed by atoms with Gasteiger partial charge in [0.2, 0.25) is 15.9 Å². The van der Waals surface area contributed by atoms with Crippen molar-refractivity contribution < 1.29 is 17.6 Å². The van der Waals surface area contributed by atoms with Crippen molar-refractivity contribution in [1.29, 1.82) is 0 Å². The second-order valence-electron chi connectivity index (χ2n) is 6.43. The lowest BCUT2D eigenvalue weighted by atomic mass is 10.2. The summed E-state index contributed by atoms with van der Waals surface area (Å²) in [5.41, 5.74) is 2.37. The SMILES string of the molecule is CCN(CC)S(=O)(=O)c1cc(NC(=O)CNc2ccc(F)cc2C)ccc1C. The average molecular weight is 408 g/mol. The molecule has 2 aromatic carbocycles. The number of amides is 1. The Hall–Kier alpha value is -2.45. The molecular weight excluding hydrogens is 381 g/mol. The topological polar surface area (TPSA) is 78.5 Å². The van der Waals surface area contributed by atoms with Crippen molar-refractivity contribution in [1.82, 2.24) is 4.31 Å². The van der Waals surface area contributed by atoms with Gasteiger partial charge in [-0.2, -0.15) is 4.31 Å². The lowest BCUT2D eigenvalue weighted by Crippen LogP contribution is -2.31. The van der Waals surface area contributed by atoms with Gasteiger partial charge in [-0.3, -0.25) is 4.79 Å². The van der Waals surface area contributed by atoms with Crippen LogP contribution in [-0.2, 0) is 14.8 Å². The maximum Gasteiger partial charge on any atom is 0.243 e. The van der Waals surface area contributed by atoms with Gasteiger partial charge in [-0.15, -0.1) is 0 Å². The van der Waals surface area contributed by atoms with E-state index < -0.39 is 10.0 Å². The van der Waals surface area contributed by atoms with Crippen LogP contribution in [0.15, 0.2) is 41.3 Å². The molecule has 0 saturated heterocycles. The minimum atomic E-state index is -3.62. The van der Waals surface area contributed by atoms with E-state index >= 15 is 0 Å². The molecule has 0 aliphatic carbocycles. The van der Waals surface area contributed by atoms with Crippen molar-refractivity contribution in [3.05, 3.63) is 53.3 Å². The van der Waals surface area contributed by atoms with Crippen LogP contribution in [-0.4, -0.2) is 38.3 Å². The zero-order valence-electron chi connectivity index (χ0n) is 16.5. The quantitative estimate of drug-likeness (QED) is 0.702. The number of anilines is 2. The number of hydrogen-bond donors (Lipinski definition) is 2. The number of halogens is 1. The number of rotatable bonds is 8. The zero-order chi connectivity index (χ0) is 20.9. The van der Waals surface area contributed by atoms with E-state index in [9.17, 15) is 17.6 Å². The van der Waals surface area contributed by atoms with Gasteiger partial charge in [0.1, 0.15) is 5.82 Å². The first kappa shape index (κ1) is 21.8. The summed E-state index contributed by atoms with van der Waals surface area (Å²) in [6.07, 6.45) is 0. The molecule has 0 bridgehead atoms. The standard InChI is InChI=1S/C20H26FN3O3S/c1-5-24(6-2)28(26,27)19-12-17(9-7-14(19)3)23-20(25)13-22-18-10-8-16(21)11-15(18)4/h7-12,22H,5-6,13H2,1-4H3,(H,23,25). The van der Waals surface area contributed by atoms with E-state index in [1.54, 1.807) is 45.9 Å². The Kier molecular flexibility index (Phi) is 7.15. The van der Waals surface area contributed by atoms with Crippen molar-refractivity contribution in [2.75, 3.05) is 30.3 Å². The minimum Gasteiger partial charge on any atom is -0.376 e. The van der Waals surface area contributed by atoms with Crippen LogP contribution in [0.5, 0.6) is 0 Å². The van der Waals surface area contributed by atoms with Gasteiger partial charge in [0.25, 0.3) is 0 Å². The van der Waals surface area contributed by atoms with Crippen molar-refractivity contribution >= 4 is 27.3 Å². The smallest absolute Gasteiger partial charge is 0.243 e. The van der Waals surface area contributed by atoms with Gasteiger partial charge in [-0.05, 0) is 55.3 Å². The van der Waals surface area contributed by atoms with Gasteiger partial charge in [0.05, 0.1) is 11.4 Å². The van der Waals surface area contributed by atoms with Gasteiger partial charge in [0.15, 0.2) is 0 Å². The molecule has 2 N–H and O–H groups in total. The number of nitrogens with zero attached hydrogens (tertiary/aromatic N) is 1. The van der Waals surface area contributed by atoms with Gasteiger partial charge in [-0.25, -0.2) is 12.8 Å². The summed E-state index contributed by atoms with van der Waals surface area (Å²) in [4.78, 5) is 12.4. The van der Waals surface area contributed by atoms with Crippen molar-refractivity contribution in [2.45, 2.75) is 32.6 Å². The normalized spacial score (nSPS) is 11.5. The first-order valence-electron chi connectivity index (χ1n) is 9.09. The van der Waals surface area contributed by atoms with Crippen LogP contribution in [0.4, 0.5) is 15.8 Å². The largest absolute Gasteiger partial charge is 0.376 e. The molecule has 152 valence electrons. The van der Waals surface area contributed by atoms with Crippen LogP contribution in [0, 0.1) is 19.7 Å². The molecule has 0 aliphatic heterocycles. The predicted octanol–water partition coefficient (Wildman–Crippen LogP) is 3.52. The molecule has 2 aromatic rings. The molecule has 28 heavy (non-hydrogen) atoms. The Labute approximate surface area is 165 Å². The minimum absolute atomic E-state index is 0.0293. The summed E-state index contributed by atoms with van der Waals surface area (Å²) in [5, 5.41) is 5.65. The Morgan fingerprint density at radius 3 is 2.32 bits per heavy atom. The molecule has 0 spiro atoms. The van der Waals surface area contributed by atoms with E-state index in [1.807, 2.05) is 0 Å². The lowest BCUT2D eigenvalue weighted by molar-refractivity contribution is -0.114. The summed E-state index contributed by atoms with van der Waals surface area (Å²) < 4.78 is 40.1. The lowest BCUT2D eigenvalue weighted by Gasteiger charge is -2.20. The highest BCUT2D eigenvalue weighted by atomic mass is 32.2. The Bertz CT molecular complexity index is 957. The molecule has 0 unspecified atom stereocenters. The molecule has 0 fully saturated rings. The number of carbonyl (C=O) groups is 1. The van der Waals surface area contributed by atoms with E-state index in [1.165, 1.54) is 22.5 Å². The third-order valence-electron chi connectivity index (χ3n) is 4.42. The van der Waals surface area contributed by atoms with Crippen molar-refractivity contribution in [3.63, 3.8) is 0 Å². The van der Waals surface area contributed by atoms with Crippen LogP contribution >= 0.6 is 0 Å². The molecule has 0 aliphatic rings. The number of benzene rings is 2. The fraction of sp³-hybridized carbons (Fsp3) is 0.350. The number of carbonyl (C=O) groups excluding carboxylic acids is 1. The Morgan fingerprint density at radius 1 is 1.04 bits per heavy atom. The highest BCUT2D eigenvalue weighted by molar-refractivity contribution is 7.89. The molecule has 0 heterocycles. The van der Waals surface area contributed by atoms with Crippen LogP contribution < -0.4 is 10.6 Å². The highest BCUT2D eigenvalue weighted by Crippen LogP contribution is 2.23. The number of aryl methyl sites for hydroxylation is 2. The monoisotopic (exact) mass is 407 g/mol. The van der Waals surface area contributed by atoms with E-state index in [0.717, 1.165) is 0 Å². The molecule has 0 aromatic heterocycles. The second kappa shape index (κ2) is 9.16. The van der Waals surface area contributed by atoms with Gasteiger partial charge in [0, 0.05) is 24.5 Å². The molecular formula is C20H26FN3O3S. The van der Waals surface area contributed by atoms with Gasteiger partial charge >= 0.3 is 0 Å². The van der Waals surface area contributed by atoms with E-state index in [-0.39, 0.29) is 23.2 Å². The molecule has 6 nitrogen and oxygen atoms in total. The predicted molar refractivity (Wildman–Crippen MR) is 110 cm³/mol. The average Bonchev–Trinajstić information content (AvgIpc) is 2.63. The summed E-state index contributed by atoms with van der Waals surface area (Å²) in [6.45, 7) is 7.74. The maximum atomic E-state index is 13.1. The van der Waals surface area contributed by atoms with Gasteiger partial charge < -0.3 is 10.6 Å². The molecule has 1 amide bonds. The Morgan fingerprint density at radius 2 is 1.71 bits per heavy atom. The molecule has 0 atom stereocenters. The third-order valence-corrected chi connectivity index (χ3v) is 6.61. The van der Waals surface area contributed by atoms with Gasteiger partial charge in [-0.1, -0.05) is 19.9 Å². The van der Waals surface area contributed by atoms with E-state index in [2.05, 4.69) is 10.6 Å². The fourth-order valence-electron chi connectivity index (χ4n) is 2.86. The third kappa shape index (κ3) is 5.08. The second-order valence-corrected chi connectivity index (χ2v) is 8.34. The van der Waals surface area contributed by atoms with Crippen LogP contribution in [0.25, 0.3) is 0 Å². The summed E-state index contributed by atoms with van der Waals surface area (Å²) >= 11 is 0. The number of hydrogen-bond acceptors (Lipinski definition) is 4. The fourth-order valence-corrected chi connectivity index (χ4v) is 4.57. The van der Waals surface area contributed by atoms with E-state index in [4.69, 9.17) is 0 Å².